The van der Waals surface area contributed by atoms with Gasteiger partial charge in [-0.3, -0.25) is 4.79 Å². The summed E-state index contributed by atoms with van der Waals surface area (Å²) < 4.78 is 7.36. The van der Waals surface area contributed by atoms with Crippen molar-refractivity contribution < 1.29 is 9.53 Å². The van der Waals surface area contributed by atoms with Crippen molar-refractivity contribution in [2.24, 2.45) is 0 Å². The predicted octanol–water partition coefficient (Wildman–Crippen LogP) is 3.82. The lowest BCUT2D eigenvalue weighted by Gasteiger charge is -2.26. The number of carbonyl (C=O) groups is 1. The molecule has 0 bridgehead atoms. The summed E-state index contributed by atoms with van der Waals surface area (Å²) >= 11 is 0. The maximum absolute atomic E-state index is 12.7. The maximum atomic E-state index is 12.7. The number of aromatic nitrogens is 3. The van der Waals surface area contributed by atoms with Gasteiger partial charge in [0.1, 0.15) is 18.4 Å². The minimum absolute atomic E-state index is 0.0144. The Balaban J connectivity index is 1.61. The molecule has 3 rings (SSSR count). The molecule has 0 aliphatic heterocycles. The molecule has 0 spiro atoms. The van der Waals surface area contributed by atoms with Crippen molar-refractivity contribution in [2.75, 3.05) is 13.7 Å². The zero-order valence-corrected chi connectivity index (χ0v) is 16.6. The van der Waals surface area contributed by atoms with E-state index in [-0.39, 0.29) is 11.9 Å². The number of ether oxygens (including phenoxy) is 1. The van der Waals surface area contributed by atoms with Crippen LogP contribution >= 0.6 is 0 Å². The summed E-state index contributed by atoms with van der Waals surface area (Å²) in [6.07, 6.45) is 4.28. The van der Waals surface area contributed by atoms with Gasteiger partial charge >= 0.3 is 0 Å². The zero-order valence-electron chi connectivity index (χ0n) is 16.6. The molecule has 6 nitrogen and oxygen atoms in total. The first-order chi connectivity index (χ1) is 13.6. The standard InChI is InChI=1S/C22H26N4O2/c1-4-28-21-8-6-5-7-19(21)11-14-22(27)25(3)17(2)18-9-12-20(13-10-18)26-16-23-15-24-26/h5-10,12-13,15-17H,4,11,14H2,1-3H3/t17-/m1/s1. The van der Waals surface area contributed by atoms with Crippen LogP contribution in [0.1, 0.15) is 37.4 Å². The molecule has 0 saturated heterocycles. The lowest BCUT2D eigenvalue weighted by Crippen LogP contribution is -2.29. The molecule has 0 saturated carbocycles. The van der Waals surface area contributed by atoms with Crippen LogP contribution in [0.25, 0.3) is 5.69 Å². The van der Waals surface area contributed by atoms with Crippen molar-refractivity contribution in [2.45, 2.75) is 32.7 Å². The van der Waals surface area contributed by atoms with Crippen molar-refractivity contribution in [3.05, 3.63) is 72.3 Å². The molecular formula is C22H26N4O2. The summed E-state index contributed by atoms with van der Waals surface area (Å²) in [5.74, 6) is 0.969. The molecular weight excluding hydrogens is 352 g/mol. The van der Waals surface area contributed by atoms with Crippen LogP contribution in [0.4, 0.5) is 0 Å². The second-order valence-electron chi connectivity index (χ2n) is 6.65. The Morgan fingerprint density at radius 3 is 2.61 bits per heavy atom. The fourth-order valence-corrected chi connectivity index (χ4v) is 3.11. The monoisotopic (exact) mass is 378 g/mol. The van der Waals surface area contributed by atoms with Gasteiger partial charge in [0.15, 0.2) is 0 Å². The van der Waals surface area contributed by atoms with Gasteiger partial charge in [-0.15, -0.1) is 0 Å². The summed E-state index contributed by atoms with van der Waals surface area (Å²) in [6.45, 7) is 4.62. The minimum atomic E-state index is -0.0144. The summed E-state index contributed by atoms with van der Waals surface area (Å²) in [5.41, 5.74) is 3.08. The number of nitrogens with zero attached hydrogens (tertiary/aromatic N) is 4. The summed E-state index contributed by atoms with van der Waals surface area (Å²) in [5, 5.41) is 4.13. The Kier molecular flexibility index (Phi) is 6.42. The molecule has 0 unspecified atom stereocenters. The molecule has 1 atom stereocenters. The van der Waals surface area contributed by atoms with Crippen LogP contribution in [0.15, 0.2) is 61.2 Å². The van der Waals surface area contributed by atoms with Gasteiger partial charge in [-0.25, -0.2) is 9.67 Å². The third-order valence-electron chi connectivity index (χ3n) is 4.91. The van der Waals surface area contributed by atoms with Crippen molar-refractivity contribution in [3.63, 3.8) is 0 Å². The third-order valence-corrected chi connectivity index (χ3v) is 4.91. The molecule has 1 aromatic heterocycles. The second-order valence-corrected chi connectivity index (χ2v) is 6.65. The van der Waals surface area contributed by atoms with Gasteiger partial charge in [0.25, 0.3) is 0 Å². The average Bonchev–Trinajstić information content (AvgIpc) is 3.27. The first kappa shape index (κ1) is 19.6. The van der Waals surface area contributed by atoms with E-state index in [9.17, 15) is 4.79 Å². The van der Waals surface area contributed by atoms with Crippen LogP contribution in [0.5, 0.6) is 5.75 Å². The molecule has 6 heteroatoms. The number of hydrogen-bond acceptors (Lipinski definition) is 4. The predicted molar refractivity (Wildman–Crippen MR) is 108 cm³/mol. The van der Waals surface area contributed by atoms with E-state index in [2.05, 4.69) is 10.1 Å². The van der Waals surface area contributed by atoms with Crippen LogP contribution in [0, 0.1) is 0 Å². The zero-order chi connectivity index (χ0) is 19.9. The van der Waals surface area contributed by atoms with Crippen LogP contribution in [0.3, 0.4) is 0 Å². The van der Waals surface area contributed by atoms with Crippen LogP contribution < -0.4 is 4.74 Å². The molecule has 3 aromatic rings. The van der Waals surface area contributed by atoms with Crippen molar-refractivity contribution in [1.29, 1.82) is 0 Å². The van der Waals surface area contributed by atoms with Crippen LogP contribution in [0.2, 0.25) is 0 Å². The number of para-hydroxylation sites is 1. The van der Waals surface area contributed by atoms with E-state index in [4.69, 9.17) is 4.74 Å². The molecule has 28 heavy (non-hydrogen) atoms. The van der Waals surface area contributed by atoms with E-state index in [0.29, 0.717) is 19.4 Å². The van der Waals surface area contributed by atoms with Crippen LogP contribution in [-0.4, -0.2) is 39.2 Å². The number of carbonyl (C=O) groups excluding carboxylic acids is 1. The topological polar surface area (TPSA) is 60.2 Å². The van der Waals surface area contributed by atoms with Gasteiger partial charge in [-0.05, 0) is 49.6 Å². The van der Waals surface area contributed by atoms with Crippen molar-refractivity contribution >= 4 is 5.91 Å². The van der Waals surface area contributed by atoms with Crippen molar-refractivity contribution in [1.82, 2.24) is 19.7 Å². The highest BCUT2D eigenvalue weighted by atomic mass is 16.5. The van der Waals surface area contributed by atoms with E-state index in [0.717, 1.165) is 22.6 Å². The van der Waals surface area contributed by atoms with Gasteiger partial charge in [0, 0.05) is 13.5 Å². The number of aryl methyl sites for hydroxylation is 1. The summed E-state index contributed by atoms with van der Waals surface area (Å²) in [7, 11) is 1.85. The van der Waals surface area contributed by atoms with Crippen molar-refractivity contribution in [3.8, 4) is 11.4 Å². The van der Waals surface area contributed by atoms with E-state index in [1.807, 2.05) is 69.4 Å². The Bertz CT molecular complexity index is 891. The van der Waals surface area contributed by atoms with Gasteiger partial charge in [0.2, 0.25) is 5.91 Å². The van der Waals surface area contributed by atoms with Crippen LogP contribution in [-0.2, 0) is 11.2 Å². The molecule has 146 valence electrons. The summed E-state index contributed by atoms with van der Waals surface area (Å²) in [6, 6.07) is 15.9. The Morgan fingerprint density at radius 1 is 1.18 bits per heavy atom. The van der Waals surface area contributed by atoms with E-state index >= 15 is 0 Å². The lowest BCUT2D eigenvalue weighted by molar-refractivity contribution is -0.131. The number of hydrogen-bond donors (Lipinski definition) is 0. The largest absolute Gasteiger partial charge is 0.494 e. The number of amides is 1. The van der Waals surface area contributed by atoms with Gasteiger partial charge in [0.05, 0.1) is 18.3 Å². The fraction of sp³-hybridized carbons (Fsp3) is 0.318. The molecule has 1 heterocycles. The SMILES string of the molecule is CCOc1ccccc1CCC(=O)N(C)[C@H](C)c1ccc(-n2cncn2)cc1. The second kappa shape index (κ2) is 9.17. The minimum Gasteiger partial charge on any atom is -0.494 e. The third kappa shape index (κ3) is 4.57. The van der Waals surface area contributed by atoms with Gasteiger partial charge in [-0.1, -0.05) is 30.3 Å². The lowest BCUT2D eigenvalue weighted by atomic mass is 10.0. The van der Waals surface area contributed by atoms with Gasteiger partial charge in [-0.2, -0.15) is 5.10 Å². The Labute approximate surface area is 165 Å². The number of rotatable bonds is 8. The highest BCUT2D eigenvalue weighted by Gasteiger charge is 2.18. The van der Waals surface area contributed by atoms with Gasteiger partial charge < -0.3 is 9.64 Å². The number of benzene rings is 2. The molecule has 2 aromatic carbocycles. The average molecular weight is 378 g/mol. The Hall–Kier alpha value is -3.15. The highest BCUT2D eigenvalue weighted by Crippen LogP contribution is 2.23. The highest BCUT2D eigenvalue weighted by molar-refractivity contribution is 5.76. The first-order valence-electron chi connectivity index (χ1n) is 9.51. The molecule has 0 N–H and O–H groups in total. The fourth-order valence-electron chi connectivity index (χ4n) is 3.11. The quantitative estimate of drug-likeness (QED) is 0.598. The molecule has 0 fully saturated rings. The molecule has 0 aliphatic rings. The van der Waals surface area contributed by atoms with E-state index in [1.54, 1.807) is 15.9 Å². The Morgan fingerprint density at radius 2 is 1.93 bits per heavy atom. The molecule has 0 radical (unpaired) electrons. The molecule has 0 aliphatic carbocycles. The maximum Gasteiger partial charge on any atom is 0.223 e. The van der Waals surface area contributed by atoms with E-state index in [1.165, 1.54) is 6.33 Å². The summed E-state index contributed by atoms with van der Waals surface area (Å²) in [4.78, 5) is 18.5. The van der Waals surface area contributed by atoms with E-state index < -0.39 is 0 Å². The normalized spacial score (nSPS) is 11.8. The first-order valence-corrected chi connectivity index (χ1v) is 9.51. The smallest absolute Gasteiger partial charge is 0.223 e. The molecule has 1 amide bonds.